The fraction of sp³-hybridized carbons (Fsp3) is 0.160. The van der Waals surface area contributed by atoms with Gasteiger partial charge < -0.3 is 4.57 Å². The Kier molecular flexibility index (Phi) is 4.13. The van der Waals surface area contributed by atoms with Crippen molar-refractivity contribution in [3.63, 3.8) is 0 Å². The molecule has 0 unspecified atom stereocenters. The molecule has 3 aromatic carbocycles. The van der Waals surface area contributed by atoms with Gasteiger partial charge in [-0.15, -0.1) is 0 Å². The second-order valence-corrected chi connectivity index (χ2v) is 7.69. The van der Waals surface area contributed by atoms with E-state index in [9.17, 15) is 4.79 Å². The van der Waals surface area contributed by atoms with Crippen LogP contribution in [0, 0.1) is 0 Å². The van der Waals surface area contributed by atoms with E-state index in [-0.39, 0.29) is 12.3 Å². The molecule has 0 fully saturated rings. The molecule has 0 bridgehead atoms. The Balaban J connectivity index is 1.64. The lowest BCUT2D eigenvalue weighted by atomic mass is 10.0. The van der Waals surface area contributed by atoms with Crippen molar-refractivity contribution in [2.75, 3.05) is 0 Å². The van der Waals surface area contributed by atoms with E-state index in [0.29, 0.717) is 11.5 Å². The molecule has 142 valence electrons. The molecule has 0 N–H and O–H groups in total. The SMILES string of the molecule is CC(C)c1ccc(C(=O)Cn2c3ccccc3c3nc4ccccc4nc32)cc1. The summed E-state index contributed by atoms with van der Waals surface area (Å²) in [7, 11) is 0. The Hall–Kier alpha value is -3.53. The van der Waals surface area contributed by atoms with Gasteiger partial charge in [-0.25, -0.2) is 9.97 Å². The van der Waals surface area contributed by atoms with Gasteiger partial charge in [-0.3, -0.25) is 4.79 Å². The predicted octanol–water partition coefficient (Wildman–Crippen LogP) is 5.74. The summed E-state index contributed by atoms with van der Waals surface area (Å²) in [4.78, 5) is 22.8. The number of para-hydroxylation sites is 3. The minimum atomic E-state index is 0.0675. The fourth-order valence-corrected chi connectivity index (χ4v) is 3.83. The molecule has 4 nitrogen and oxygen atoms in total. The van der Waals surface area contributed by atoms with Crippen molar-refractivity contribution in [2.24, 2.45) is 0 Å². The molecule has 0 spiro atoms. The van der Waals surface area contributed by atoms with Gasteiger partial charge in [0, 0.05) is 10.9 Å². The molecule has 2 aromatic heterocycles. The van der Waals surface area contributed by atoms with Crippen molar-refractivity contribution in [3.05, 3.63) is 83.9 Å². The molecule has 5 aromatic rings. The maximum absolute atomic E-state index is 13.1. The molecule has 0 saturated carbocycles. The number of benzene rings is 3. The number of ketones is 1. The van der Waals surface area contributed by atoms with Crippen molar-refractivity contribution in [2.45, 2.75) is 26.3 Å². The van der Waals surface area contributed by atoms with Crippen LogP contribution in [0.3, 0.4) is 0 Å². The average Bonchev–Trinajstić information content (AvgIpc) is 3.05. The second kappa shape index (κ2) is 6.82. The Morgan fingerprint density at radius 3 is 2.24 bits per heavy atom. The van der Waals surface area contributed by atoms with Crippen LogP contribution in [0.2, 0.25) is 0 Å². The summed E-state index contributed by atoms with van der Waals surface area (Å²) in [6.07, 6.45) is 0. The number of aromatic nitrogens is 3. The number of carbonyl (C=O) groups excluding carboxylic acids is 1. The van der Waals surface area contributed by atoms with Gasteiger partial charge in [-0.05, 0) is 29.7 Å². The van der Waals surface area contributed by atoms with Crippen LogP contribution in [0.1, 0.15) is 35.7 Å². The smallest absolute Gasteiger partial charge is 0.182 e. The van der Waals surface area contributed by atoms with Gasteiger partial charge in [0.2, 0.25) is 0 Å². The van der Waals surface area contributed by atoms with Crippen LogP contribution in [0.4, 0.5) is 0 Å². The monoisotopic (exact) mass is 379 g/mol. The van der Waals surface area contributed by atoms with Crippen LogP contribution in [-0.2, 0) is 6.54 Å². The summed E-state index contributed by atoms with van der Waals surface area (Å²) in [6, 6.07) is 23.8. The number of hydrogen-bond donors (Lipinski definition) is 0. The van der Waals surface area contributed by atoms with E-state index < -0.39 is 0 Å². The van der Waals surface area contributed by atoms with Gasteiger partial charge in [0.15, 0.2) is 11.4 Å². The first-order valence-corrected chi connectivity index (χ1v) is 9.88. The number of fused-ring (bicyclic) bond motifs is 4. The molecule has 0 atom stereocenters. The van der Waals surface area contributed by atoms with Gasteiger partial charge in [-0.1, -0.05) is 68.4 Å². The maximum Gasteiger partial charge on any atom is 0.182 e. The van der Waals surface area contributed by atoms with Crippen LogP contribution in [-0.4, -0.2) is 20.3 Å². The topological polar surface area (TPSA) is 47.8 Å². The highest BCUT2D eigenvalue weighted by Crippen LogP contribution is 2.28. The first kappa shape index (κ1) is 17.6. The molecular weight excluding hydrogens is 358 g/mol. The maximum atomic E-state index is 13.1. The second-order valence-electron chi connectivity index (χ2n) is 7.69. The standard InChI is InChI=1S/C25H21N3O/c1-16(2)17-11-13-18(14-12-17)23(29)15-28-22-10-6-3-7-19(22)24-25(28)27-21-9-5-4-8-20(21)26-24/h3-14,16H,15H2,1-2H3. The highest BCUT2D eigenvalue weighted by Gasteiger charge is 2.17. The fourth-order valence-electron chi connectivity index (χ4n) is 3.83. The van der Waals surface area contributed by atoms with E-state index in [1.54, 1.807) is 0 Å². The largest absolute Gasteiger partial charge is 0.316 e. The molecule has 5 rings (SSSR count). The molecule has 29 heavy (non-hydrogen) atoms. The van der Waals surface area contributed by atoms with Crippen LogP contribution >= 0.6 is 0 Å². The van der Waals surface area contributed by atoms with E-state index in [1.165, 1.54) is 5.56 Å². The van der Waals surface area contributed by atoms with E-state index >= 15 is 0 Å². The minimum Gasteiger partial charge on any atom is -0.316 e. The van der Waals surface area contributed by atoms with Gasteiger partial charge in [0.05, 0.1) is 23.1 Å². The molecule has 0 aliphatic rings. The zero-order chi connectivity index (χ0) is 20.0. The highest BCUT2D eigenvalue weighted by atomic mass is 16.1. The van der Waals surface area contributed by atoms with E-state index in [1.807, 2.05) is 77.4 Å². The van der Waals surface area contributed by atoms with Crippen LogP contribution in [0.5, 0.6) is 0 Å². The quantitative estimate of drug-likeness (QED) is 0.374. The molecule has 0 saturated heterocycles. The number of Topliss-reactive ketones (excluding diaryl/α,β-unsaturated/α-hetero) is 1. The Morgan fingerprint density at radius 2 is 1.52 bits per heavy atom. The highest BCUT2D eigenvalue weighted by molar-refractivity contribution is 6.08. The van der Waals surface area contributed by atoms with Crippen LogP contribution in [0.15, 0.2) is 72.8 Å². The lowest BCUT2D eigenvalue weighted by molar-refractivity contribution is 0.0974. The van der Waals surface area contributed by atoms with Crippen molar-refractivity contribution < 1.29 is 4.79 Å². The van der Waals surface area contributed by atoms with Gasteiger partial charge in [0.25, 0.3) is 0 Å². The number of hydrogen-bond acceptors (Lipinski definition) is 3. The summed E-state index contributed by atoms with van der Waals surface area (Å²) in [6.45, 7) is 4.54. The average molecular weight is 379 g/mol. The minimum absolute atomic E-state index is 0.0675. The summed E-state index contributed by atoms with van der Waals surface area (Å²) in [5.41, 5.74) is 6.20. The number of rotatable bonds is 4. The molecule has 0 aliphatic carbocycles. The van der Waals surface area contributed by atoms with E-state index in [0.717, 1.165) is 33.1 Å². The Morgan fingerprint density at radius 1 is 0.862 bits per heavy atom. The summed E-state index contributed by atoms with van der Waals surface area (Å²) in [5.74, 6) is 0.512. The first-order valence-electron chi connectivity index (χ1n) is 9.88. The molecule has 0 radical (unpaired) electrons. The third-order valence-corrected chi connectivity index (χ3v) is 5.46. The van der Waals surface area contributed by atoms with E-state index in [2.05, 4.69) is 13.8 Å². The van der Waals surface area contributed by atoms with Crippen molar-refractivity contribution in [1.29, 1.82) is 0 Å². The lowest BCUT2D eigenvalue weighted by Gasteiger charge is -2.09. The van der Waals surface area contributed by atoms with Crippen molar-refractivity contribution in [3.8, 4) is 0 Å². The van der Waals surface area contributed by atoms with Gasteiger partial charge >= 0.3 is 0 Å². The van der Waals surface area contributed by atoms with Crippen LogP contribution in [0.25, 0.3) is 33.1 Å². The molecule has 0 aliphatic heterocycles. The first-order chi connectivity index (χ1) is 14.1. The molecule has 4 heteroatoms. The third kappa shape index (κ3) is 2.97. The van der Waals surface area contributed by atoms with Gasteiger partial charge in [-0.2, -0.15) is 0 Å². The van der Waals surface area contributed by atoms with Crippen molar-refractivity contribution in [1.82, 2.24) is 14.5 Å². The molecule has 2 heterocycles. The summed E-state index contributed by atoms with van der Waals surface area (Å²) in [5, 5.41) is 1.02. The third-order valence-electron chi connectivity index (χ3n) is 5.46. The number of carbonyl (C=O) groups is 1. The van der Waals surface area contributed by atoms with Gasteiger partial charge in [0.1, 0.15) is 5.52 Å². The Bertz CT molecular complexity index is 1360. The zero-order valence-corrected chi connectivity index (χ0v) is 16.5. The zero-order valence-electron chi connectivity index (χ0n) is 16.5. The normalized spacial score (nSPS) is 11.7. The Labute approximate surface area is 168 Å². The molecule has 0 amide bonds. The van der Waals surface area contributed by atoms with Crippen molar-refractivity contribution >= 4 is 38.9 Å². The number of nitrogens with zero attached hydrogens (tertiary/aromatic N) is 3. The summed E-state index contributed by atoms with van der Waals surface area (Å²) < 4.78 is 1.99. The lowest BCUT2D eigenvalue weighted by Crippen LogP contribution is -2.11. The molecular formula is C25H21N3O. The predicted molar refractivity (Wildman–Crippen MR) is 117 cm³/mol. The van der Waals surface area contributed by atoms with E-state index in [4.69, 9.17) is 9.97 Å². The summed E-state index contributed by atoms with van der Waals surface area (Å²) >= 11 is 0. The van der Waals surface area contributed by atoms with Crippen LogP contribution < -0.4 is 0 Å².